The van der Waals surface area contributed by atoms with Gasteiger partial charge in [-0.2, -0.15) is 13.2 Å². The molecule has 3 aromatic rings. The van der Waals surface area contributed by atoms with Crippen LogP contribution in [0.4, 0.5) is 18.3 Å². The van der Waals surface area contributed by atoms with Crippen LogP contribution < -0.4 is 5.32 Å². The summed E-state index contributed by atoms with van der Waals surface area (Å²) in [6.07, 6.45) is -4.58. The number of rotatable bonds is 2. The SMILES string of the molecule is Cc1ccc2nc(C)c(C(=O)Nc3nnc(C(F)(F)F)s3)cc2c1. The van der Waals surface area contributed by atoms with Gasteiger partial charge in [0.15, 0.2) is 0 Å². The molecule has 1 N–H and O–H groups in total. The van der Waals surface area contributed by atoms with Crippen LogP contribution >= 0.6 is 11.3 Å². The predicted octanol–water partition coefficient (Wildman–Crippen LogP) is 3.97. The lowest BCUT2D eigenvalue weighted by molar-refractivity contribution is -0.138. The van der Waals surface area contributed by atoms with Crippen LogP contribution in [-0.4, -0.2) is 21.1 Å². The van der Waals surface area contributed by atoms with E-state index < -0.39 is 17.1 Å². The second kappa shape index (κ2) is 5.82. The van der Waals surface area contributed by atoms with Crippen LogP contribution in [-0.2, 0) is 6.18 Å². The van der Waals surface area contributed by atoms with E-state index in [1.165, 1.54) is 0 Å². The van der Waals surface area contributed by atoms with Gasteiger partial charge in [0.2, 0.25) is 10.1 Å². The summed E-state index contributed by atoms with van der Waals surface area (Å²) >= 11 is 0.275. The Morgan fingerprint density at radius 3 is 2.58 bits per heavy atom. The number of benzene rings is 1. The van der Waals surface area contributed by atoms with Crippen molar-refractivity contribution < 1.29 is 18.0 Å². The van der Waals surface area contributed by atoms with E-state index in [2.05, 4.69) is 20.5 Å². The summed E-state index contributed by atoms with van der Waals surface area (Å²) in [7, 11) is 0. The normalized spacial score (nSPS) is 11.7. The molecule has 9 heteroatoms. The van der Waals surface area contributed by atoms with Crippen LogP contribution in [0.2, 0.25) is 0 Å². The topological polar surface area (TPSA) is 67.8 Å². The molecule has 3 rings (SSSR count). The van der Waals surface area contributed by atoms with Crippen molar-refractivity contribution in [3.8, 4) is 0 Å². The Bertz CT molecular complexity index is 936. The van der Waals surface area contributed by atoms with Crippen LogP contribution in [0.1, 0.15) is 26.6 Å². The summed E-state index contributed by atoms with van der Waals surface area (Å²) in [5.74, 6) is -0.576. The maximum absolute atomic E-state index is 12.5. The predicted molar refractivity (Wildman–Crippen MR) is 84.1 cm³/mol. The highest BCUT2D eigenvalue weighted by molar-refractivity contribution is 7.15. The van der Waals surface area contributed by atoms with Gasteiger partial charge in [0.25, 0.3) is 5.91 Å². The summed E-state index contributed by atoms with van der Waals surface area (Å²) in [5, 5.41) is 8.17. The lowest BCUT2D eigenvalue weighted by Gasteiger charge is -2.07. The van der Waals surface area contributed by atoms with Crippen molar-refractivity contribution >= 4 is 33.3 Å². The van der Waals surface area contributed by atoms with E-state index in [4.69, 9.17) is 0 Å². The fourth-order valence-corrected chi connectivity index (χ4v) is 2.78. The molecule has 0 spiro atoms. The van der Waals surface area contributed by atoms with E-state index in [0.29, 0.717) is 5.69 Å². The summed E-state index contributed by atoms with van der Waals surface area (Å²) in [6.45, 7) is 3.58. The van der Waals surface area contributed by atoms with Gasteiger partial charge in [0.1, 0.15) is 0 Å². The Labute approximate surface area is 138 Å². The van der Waals surface area contributed by atoms with Crippen molar-refractivity contribution in [1.29, 1.82) is 0 Å². The Morgan fingerprint density at radius 2 is 1.92 bits per heavy atom. The van der Waals surface area contributed by atoms with Gasteiger partial charge in [0, 0.05) is 5.39 Å². The number of pyridine rings is 1. The molecule has 0 aliphatic carbocycles. The largest absolute Gasteiger partial charge is 0.445 e. The molecule has 24 heavy (non-hydrogen) atoms. The number of nitrogens with one attached hydrogen (secondary N) is 1. The standard InChI is InChI=1S/C15H11F3N4OS/c1-7-3-4-11-9(5-7)6-10(8(2)19-11)12(23)20-14-22-21-13(24-14)15(16,17)18/h3-6H,1-2H3,(H,20,22,23). The number of carbonyl (C=O) groups is 1. The molecule has 0 aliphatic heterocycles. The molecule has 124 valence electrons. The molecule has 0 unspecified atom stereocenters. The van der Waals surface area contributed by atoms with E-state index in [1.807, 2.05) is 25.1 Å². The molecule has 2 aromatic heterocycles. The van der Waals surface area contributed by atoms with E-state index in [-0.39, 0.29) is 22.0 Å². The number of alkyl halides is 3. The third-order valence-corrected chi connectivity index (χ3v) is 4.18. The zero-order valence-corrected chi connectivity index (χ0v) is 13.4. The summed E-state index contributed by atoms with van der Waals surface area (Å²) in [6, 6.07) is 7.30. The third-order valence-electron chi connectivity index (χ3n) is 3.29. The first-order valence-electron chi connectivity index (χ1n) is 6.84. The summed E-state index contributed by atoms with van der Waals surface area (Å²) < 4.78 is 37.6. The molecule has 1 amide bonds. The fraction of sp³-hybridized carbons (Fsp3) is 0.200. The first-order chi connectivity index (χ1) is 11.2. The minimum absolute atomic E-state index is 0.212. The van der Waals surface area contributed by atoms with Crippen LogP contribution in [0.25, 0.3) is 10.9 Å². The maximum atomic E-state index is 12.5. The van der Waals surface area contributed by atoms with E-state index in [1.54, 1.807) is 13.0 Å². The van der Waals surface area contributed by atoms with Gasteiger partial charge in [-0.25, -0.2) is 0 Å². The molecule has 2 heterocycles. The van der Waals surface area contributed by atoms with Gasteiger partial charge in [-0.15, -0.1) is 10.2 Å². The molecule has 0 saturated carbocycles. The van der Waals surface area contributed by atoms with Crippen molar-refractivity contribution in [1.82, 2.24) is 15.2 Å². The first-order valence-corrected chi connectivity index (χ1v) is 7.66. The highest BCUT2D eigenvalue weighted by Gasteiger charge is 2.35. The maximum Gasteiger partial charge on any atom is 0.445 e. The van der Waals surface area contributed by atoms with Gasteiger partial charge in [-0.05, 0) is 32.0 Å². The molecule has 0 radical (unpaired) electrons. The smallest absolute Gasteiger partial charge is 0.296 e. The molecule has 0 saturated heterocycles. The summed E-state index contributed by atoms with van der Waals surface area (Å²) in [5.41, 5.74) is 2.50. The van der Waals surface area contributed by atoms with E-state index in [9.17, 15) is 18.0 Å². The highest BCUT2D eigenvalue weighted by atomic mass is 32.1. The number of hydrogen-bond acceptors (Lipinski definition) is 5. The number of aromatic nitrogens is 3. The van der Waals surface area contributed by atoms with E-state index >= 15 is 0 Å². The molecule has 0 bridgehead atoms. The van der Waals surface area contributed by atoms with Crippen molar-refractivity contribution in [3.05, 3.63) is 46.1 Å². The van der Waals surface area contributed by atoms with Crippen molar-refractivity contribution in [3.63, 3.8) is 0 Å². The number of aryl methyl sites for hydroxylation is 2. The quantitative estimate of drug-likeness (QED) is 0.758. The molecule has 0 fully saturated rings. The number of nitrogens with zero attached hydrogens (tertiary/aromatic N) is 3. The molecular weight excluding hydrogens is 341 g/mol. The number of halogens is 3. The van der Waals surface area contributed by atoms with Gasteiger partial charge >= 0.3 is 6.18 Å². The number of carbonyl (C=O) groups excluding carboxylic acids is 1. The lowest BCUT2D eigenvalue weighted by atomic mass is 10.1. The van der Waals surface area contributed by atoms with Crippen molar-refractivity contribution in [2.24, 2.45) is 0 Å². The lowest BCUT2D eigenvalue weighted by Crippen LogP contribution is -2.14. The summed E-state index contributed by atoms with van der Waals surface area (Å²) in [4.78, 5) is 16.7. The van der Waals surface area contributed by atoms with Crippen molar-refractivity contribution in [2.75, 3.05) is 5.32 Å². The average Bonchev–Trinajstić information content (AvgIpc) is 2.95. The minimum atomic E-state index is -4.58. The Hall–Kier alpha value is -2.55. The van der Waals surface area contributed by atoms with Gasteiger partial charge in [-0.3, -0.25) is 15.1 Å². The first kappa shape index (κ1) is 16.3. The van der Waals surface area contributed by atoms with Gasteiger partial charge in [-0.1, -0.05) is 23.0 Å². The molecule has 0 atom stereocenters. The number of fused-ring (bicyclic) bond motifs is 1. The van der Waals surface area contributed by atoms with Gasteiger partial charge in [0.05, 0.1) is 16.8 Å². The highest BCUT2D eigenvalue weighted by Crippen LogP contribution is 2.33. The number of anilines is 1. The minimum Gasteiger partial charge on any atom is -0.296 e. The van der Waals surface area contributed by atoms with Gasteiger partial charge < -0.3 is 0 Å². The van der Waals surface area contributed by atoms with E-state index in [0.717, 1.165) is 16.5 Å². The second-order valence-electron chi connectivity index (χ2n) is 5.18. The molecule has 5 nitrogen and oxygen atoms in total. The third kappa shape index (κ3) is 3.21. The molecule has 1 aromatic carbocycles. The van der Waals surface area contributed by atoms with Crippen LogP contribution in [0.5, 0.6) is 0 Å². The van der Waals surface area contributed by atoms with Crippen LogP contribution in [0.15, 0.2) is 24.3 Å². The second-order valence-corrected chi connectivity index (χ2v) is 6.16. The van der Waals surface area contributed by atoms with Crippen LogP contribution in [0.3, 0.4) is 0 Å². The monoisotopic (exact) mass is 352 g/mol. The number of amides is 1. The Kier molecular flexibility index (Phi) is 3.96. The zero-order valence-electron chi connectivity index (χ0n) is 12.6. The average molecular weight is 352 g/mol. The zero-order chi connectivity index (χ0) is 17.5. The van der Waals surface area contributed by atoms with Crippen LogP contribution in [0, 0.1) is 13.8 Å². The Morgan fingerprint density at radius 1 is 1.17 bits per heavy atom. The number of hydrogen-bond donors (Lipinski definition) is 1. The Balaban J connectivity index is 1.91. The molecular formula is C15H11F3N4OS. The van der Waals surface area contributed by atoms with Crippen molar-refractivity contribution in [2.45, 2.75) is 20.0 Å². The fourth-order valence-electron chi connectivity index (χ4n) is 2.17. The molecule has 0 aliphatic rings.